The lowest BCUT2D eigenvalue weighted by atomic mass is 10.3. The highest BCUT2D eigenvalue weighted by atomic mass is 35.5. The molecule has 0 amide bonds. The van der Waals surface area contributed by atoms with E-state index in [1.807, 2.05) is 0 Å². The van der Waals surface area contributed by atoms with Crippen molar-refractivity contribution in [3.05, 3.63) is 23.0 Å². The van der Waals surface area contributed by atoms with Gasteiger partial charge in [-0.2, -0.15) is 0 Å². The second-order valence-electron chi connectivity index (χ2n) is 2.68. The molecule has 1 aromatic heterocycles. The monoisotopic (exact) mass is 249 g/mol. The molecule has 0 bridgehead atoms. The summed E-state index contributed by atoms with van der Waals surface area (Å²) in [5.74, 6) is -1.64. The van der Waals surface area contributed by atoms with Crippen LogP contribution in [0.2, 0.25) is 5.02 Å². The van der Waals surface area contributed by atoms with Gasteiger partial charge in [0.1, 0.15) is 4.90 Å². The number of nitrogens with zero attached hydrogens (tertiary/aromatic N) is 1. The first-order valence-corrected chi connectivity index (χ1v) is 6.03. The van der Waals surface area contributed by atoms with Gasteiger partial charge in [0, 0.05) is 6.20 Å². The van der Waals surface area contributed by atoms with Crippen LogP contribution < -0.4 is 0 Å². The van der Waals surface area contributed by atoms with Crippen molar-refractivity contribution >= 4 is 27.4 Å². The normalized spacial score (nSPS) is 11.3. The third-order valence-corrected chi connectivity index (χ3v) is 3.97. The predicted molar refractivity (Wildman–Crippen MR) is 53.9 cm³/mol. The number of rotatable bonds is 3. The van der Waals surface area contributed by atoms with Gasteiger partial charge in [0.2, 0.25) is 0 Å². The predicted octanol–water partition coefficient (Wildman–Crippen LogP) is 1.23. The van der Waals surface area contributed by atoms with Crippen molar-refractivity contribution in [1.29, 1.82) is 0 Å². The number of hydrogen-bond donors (Lipinski definition) is 1. The Kier molecular flexibility index (Phi) is 3.31. The first-order chi connectivity index (χ1) is 6.90. The van der Waals surface area contributed by atoms with Crippen molar-refractivity contribution in [2.75, 3.05) is 5.75 Å². The number of hydrogen-bond acceptors (Lipinski definition) is 4. The minimum atomic E-state index is -3.68. The van der Waals surface area contributed by atoms with Crippen molar-refractivity contribution in [2.24, 2.45) is 0 Å². The first-order valence-electron chi connectivity index (χ1n) is 4.00. The topological polar surface area (TPSA) is 84.3 Å². The molecule has 0 fully saturated rings. The van der Waals surface area contributed by atoms with Crippen molar-refractivity contribution in [1.82, 2.24) is 4.98 Å². The van der Waals surface area contributed by atoms with E-state index < -0.39 is 26.4 Å². The number of aromatic carboxylic acids is 1. The number of pyridine rings is 1. The Balaban J connectivity index is 3.59. The Morgan fingerprint density at radius 3 is 2.67 bits per heavy atom. The summed E-state index contributed by atoms with van der Waals surface area (Å²) in [6.45, 7) is 1.41. The molecule has 0 aromatic carbocycles. The summed E-state index contributed by atoms with van der Waals surface area (Å²) in [6.07, 6.45) is 1.15. The minimum Gasteiger partial charge on any atom is -0.476 e. The molecule has 0 aliphatic carbocycles. The molecule has 0 atom stereocenters. The summed E-state index contributed by atoms with van der Waals surface area (Å²) < 4.78 is 23.1. The molecule has 1 aromatic rings. The van der Waals surface area contributed by atoms with Crippen LogP contribution in [0.25, 0.3) is 0 Å². The van der Waals surface area contributed by atoms with Crippen molar-refractivity contribution in [3.8, 4) is 0 Å². The lowest BCUT2D eigenvalue weighted by molar-refractivity contribution is 0.0686. The lowest BCUT2D eigenvalue weighted by Crippen LogP contribution is -2.13. The van der Waals surface area contributed by atoms with E-state index in [4.69, 9.17) is 16.7 Å². The van der Waals surface area contributed by atoms with Gasteiger partial charge in [-0.25, -0.2) is 18.2 Å². The van der Waals surface area contributed by atoms with Crippen LogP contribution in [0.3, 0.4) is 0 Å². The summed E-state index contributed by atoms with van der Waals surface area (Å²) in [6, 6.07) is 1.25. The van der Waals surface area contributed by atoms with Crippen LogP contribution in [-0.2, 0) is 9.84 Å². The summed E-state index contributed by atoms with van der Waals surface area (Å²) in [5, 5.41) is 8.64. The fraction of sp³-hybridized carbons (Fsp3) is 0.250. The molecule has 1 heterocycles. The molecule has 5 nitrogen and oxygen atoms in total. The van der Waals surface area contributed by atoms with E-state index in [9.17, 15) is 13.2 Å². The summed E-state index contributed by atoms with van der Waals surface area (Å²) in [7, 11) is -3.68. The fourth-order valence-corrected chi connectivity index (χ4v) is 2.60. The maximum Gasteiger partial charge on any atom is 0.355 e. The quantitative estimate of drug-likeness (QED) is 0.871. The molecule has 7 heteroatoms. The maximum atomic E-state index is 11.6. The second-order valence-corrected chi connectivity index (χ2v) is 5.30. The number of carbonyl (C=O) groups is 1. The van der Waals surface area contributed by atoms with E-state index in [1.54, 1.807) is 0 Å². The smallest absolute Gasteiger partial charge is 0.355 e. The molecular weight excluding hydrogens is 242 g/mol. The number of halogens is 1. The Labute approximate surface area is 91.6 Å². The zero-order valence-corrected chi connectivity index (χ0v) is 9.34. The highest BCUT2D eigenvalue weighted by molar-refractivity contribution is 7.91. The SMILES string of the molecule is CCS(=O)(=O)c1c(Cl)ccnc1C(=O)O. The van der Waals surface area contributed by atoms with Gasteiger partial charge in [-0.1, -0.05) is 18.5 Å². The second kappa shape index (κ2) is 4.16. The van der Waals surface area contributed by atoms with Crippen LogP contribution >= 0.6 is 11.6 Å². The van der Waals surface area contributed by atoms with E-state index in [0.29, 0.717) is 0 Å². The largest absolute Gasteiger partial charge is 0.476 e. The highest BCUT2D eigenvalue weighted by Gasteiger charge is 2.25. The minimum absolute atomic E-state index is 0.121. The molecule has 0 aliphatic rings. The zero-order chi connectivity index (χ0) is 11.6. The summed E-state index contributed by atoms with van der Waals surface area (Å²) in [5.41, 5.74) is -0.538. The van der Waals surface area contributed by atoms with Gasteiger partial charge in [-0.3, -0.25) is 0 Å². The fourth-order valence-electron chi connectivity index (χ4n) is 1.02. The summed E-state index contributed by atoms with van der Waals surface area (Å²) >= 11 is 5.65. The van der Waals surface area contributed by atoms with Crippen LogP contribution in [0, 0.1) is 0 Å². The molecule has 0 spiro atoms. The zero-order valence-electron chi connectivity index (χ0n) is 7.77. The van der Waals surface area contributed by atoms with Gasteiger partial charge >= 0.3 is 5.97 Å². The molecule has 82 valence electrons. The first kappa shape index (κ1) is 11.9. The van der Waals surface area contributed by atoms with Gasteiger partial charge in [0.25, 0.3) is 0 Å². The summed E-state index contributed by atoms with van der Waals surface area (Å²) in [4.78, 5) is 13.8. The van der Waals surface area contributed by atoms with E-state index in [-0.39, 0.29) is 10.8 Å². The van der Waals surface area contributed by atoms with Gasteiger partial charge in [0.15, 0.2) is 15.5 Å². The van der Waals surface area contributed by atoms with Crippen LogP contribution in [-0.4, -0.2) is 30.2 Å². The van der Waals surface area contributed by atoms with Crippen LogP contribution in [0.5, 0.6) is 0 Å². The van der Waals surface area contributed by atoms with E-state index >= 15 is 0 Å². The van der Waals surface area contributed by atoms with Crippen molar-refractivity contribution in [3.63, 3.8) is 0 Å². The Bertz CT molecular complexity index is 497. The van der Waals surface area contributed by atoms with E-state index in [0.717, 1.165) is 6.20 Å². The standard InChI is InChI=1S/C8H8ClNO4S/c1-2-15(13,14)7-5(9)3-4-10-6(7)8(11)12/h3-4H,2H2,1H3,(H,11,12). The highest BCUT2D eigenvalue weighted by Crippen LogP contribution is 2.24. The molecule has 0 saturated heterocycles. The van der Waals surface area contributed by atoms with Gasteiger partial charge in [-0.15, -0.1) is 0 Å². The third-order valence-electron chi connectivity index (χ3n) is 1.75. The average molecular weight is 250 g/mol. The Morgan fingerprint density at radius 1 is 1.60 bits per heavy atom. The molecular formula is C8H8ClNO4S. The van der Waals surface area contributed by atoms with Gasteiger partial charge in [-0.05, 0) is 6.07 Å². The molecule has 0 saturated carbocycles. The van der Waals surface area contributed by atoms with Crippen molar-refractivity contribution in [2.45, 2.75) is 11.8 Å². The Hall–Kier alpha value is -1.14. The molecule has 0 radical (unpaired) electrons. The van der Waals surface area contributed by atoms with E-state index in [2.05, 4.69) is 4.98 Å². The maximum absolute atomic E-state index is 11.6. The number of aromatic nitrogens is 1. The molecule has 0 unspecified atom stereocenters. The Morgan fingerprint density at radius 2 is 2.20 bits per heavy atom. The van der Waals surface area contributed by atoms with Gasteiger partial charge < -0.3 is 5.11 Å². The molecule has 15 heavy (non-hydrogen) atoms. The number of carboxylic acids is 1. The van der Waals surface area contributed by atoms with Crippen LogP contribution in [0.4, 0.5) is 0 Å². The molecule has 1 N–H and O–H groups in total. The number of carboxylic acid groups (broad SMARTS) is 1. The third kappa shape index (κ3) is 2.27. The van der Waals surface area contributed by atoms with Crippen LogP contribution in [0.15, 0.2) is 17.2 Å². The van der Waals surface area contributed by atoms with Gasteiger partial charge in [0.05, 0.1) is 10.8 Å². The van der Waals surface area contributed by atoms with Crippen LogP contribution in [0.1, 0.15) is 17.4 Å². The number of sulfone groups is 1. The average Bonchev–Trinajstić information content (AvgIpc) is 2.17. The van der Waals surface area contributed by atoms with E-state index in [1.165, 1.54) is 13.0 Å². The van der Waals surface area contributed by atoms with Crippen molar-refractivity contribution < 1.29 is 18.3 Å². The molecule has 0 aliphatic heterocycles. The lowest BCUT2D eigenvalue weighted by Gasteiger charge is -2.06. The molecule has 1 rings (SSSR count).